The lowest BCUT2D eigenvalue weighted by Gasteiger charge is -2.12. The Hall–Kier alpha value is -3.33. The fourth-order valence-electron chi connectivity index (χ4n) is 2.76. The molecule has 2 aromatic carbocycles. The third-order valence-electron chi connectivity index (χ3n) is 4.22. The molecule has 0 unspecified atom stereocenters. The predicted molar refractivity (Wildman–Crippen MR) is 109 cm³/mol. The molecule has 8 nitrogen and oxygen atoms in total. The molecule has 1 aliphatic heterocycles. The Labute approximate surface area is 171 Å². The number of hydrogen-bond acceptors (Lipinski definition) is 7. The van der Waals surface area contributed by atoms with Crippen molar-refractivity contribution >= 4 is 34.7 Å². The van der Waals surface area contributed by atoms with Gasteiger partial charge in [-0.3, -0.25) is 24.6 Å². The number of imide groups is 1. The molecule has 0 saturated carbocycles. The normalized spacial score (nSPS) is 15.1. The monoisotopic (exact) mass is 414 g/mol. The van der Waals surface area contributed by atoms with E-state index in [-0.39, 0.29) is 40.8 Å². The van der Waals surface area contributed by atoms with E-state index in [2.05, 4.69) is 0 Å². The third kappa shape index (κ3) is 4.40. The van der Waals surface area contributed by atoms with E-state index in [1.165, 1.54) is 25.3 Å². The zero-order chi connectivity index (χ0) is 21.0. The van der Waals surface area contributed by atoms with Crippen LogP contribution in [0.5, 0.6) is 11.5 Å². The Morgan fingerprint density at radius 3 is 2.48 bits per heavy atom. The van der Waals surface area contributed by atoms with Crippen molar-refractivity contribution in [3.05, 3.63) is 68.6 Å². The van der Waals surface area contributed by atoms with Crippen LogP contribution in [-0.4, -0.2) is 34.6 Å². The van der Waals surface area contributed by atoms with Gasteiger partial charge in [0.25, 0.3) is 16.8 Å². The summed E-state index contributed by atoms with van der Waals surface area (Å²) in [5.41, 5.74) is 0.798. The number of methoxy groups -OCH3 is 1. The maximum Gasteiger partial charge on any atom is 0.293 e. The van der Waals surface area contributed by atoms with Crippen LogP contribution < -0.4 is 9.47 Å². The summed E-state index contributed by atoms with van der Waals surface area (Å²) in [6.07, 6.45) is 1.34. The maximum absolute atomic E-state index is 12.3. The number of carbonyl (C=O) groups excluding carboxylic acids is 2. The summed E-state index contributed by atoms with van der Waals surface area (Å²) in [6.45, 7) is 2.13. The van der Waals surface area contributed by atoms with Crippen LogP contribution >= 0.6 is 11.8 Å². The lowest BCUT2D eigenvalue weighted by atomic mass is 10.1. The quantitative estimate of drug-likeness (QED) is 0.380. The molecular weight excluding hydrogens is 396 g/mol. The van der Waals surface area contributed by atoms with Gasteiger partial charge in [-0.1, -0.05) is 30.3 Å². The summed E-state index contributed by atoms with van der Waals surface area (Å²) in [7, 11) is 1.42. The van der Waals surface area contributed by atoms with E-state index in [1.807, 2.05) is 30.3 Å². The molecule has 0 spiro atoms. The van der Waals surface area contributed by atoms with Gasteiger partial charge in [0.2, 0.25) is 0 Å². The highest BCUT2D eigenvalue weighted by Gasteiger charge is 2.34. The van der Waals surface area contributed by atoms with E-state index in [0.717, 1.165) is 22.2 Å². The van der Waals surface area contributed by atoms with E-state index in [4.69, 9.17) is 9.47 Å². The van der Waals surface area contributed by atoms with Crippen molar-refractivity contribution in [2.24, 2.45) is 0 Å². The first-order valence-corrected chi connectivity index (χ1v) is 9.54. The molecule has 9 heteroatoms. The topological polar surface area (TPSA) is 99.0 Å². The molecule has 29 heavy (non-hydrogen) atoms. The molecule has 1 aliphatic rings. The van der Waals surface area contributed by atoms with Gasteiger partial charge in [-0.05, 0) is 36.4 Å². The van der Waals surface area contributed by atoms with Gasteiger partial charge in [-0.2, -0.15) is 0 Å². The molecule has 0 aliphatic carbocycles. The van der Waals surface area contributed by atoms with Crippen LogP contribution in [0.15, 0.2) is 47.4 Å². The summed E-state index contributed by atoms with van der Waals surface area (Å²) in [4.78, 5) is 36.4. The fraction of sp³-hybridized carbons (Fsp3) is 0.200. The van der Waals surface area contributed by atoms with E-state index in [9.17, 15) is 19.7 Å². The van der Waals surface area contributed by atoms with Crippen molar-refractivity contribution in [3.8, 4) is 11.5 Å². The fourth-order valence-corrected chi connectivity index (χ4v) is 3.65. The number of carbonyl (C=O) groups is 2. The summed E-state index contributed by atoms with van der Waals surface area (Å²) in [5, 5.41) is 11.2. The molecule has 2 aromatic rings. The number of ether oxygens (including phenoxy) is 2. The summed E-state index contributed by atoms with van der Waals surface area (Å²) < 4.78 is 11.0. The van der Waals surface area contributed by atoms with Gasteiger partial charge in [0.15, 0.2) is 11.5 Å². The summed E-state index contributed by atoms with van der Waals surface area (Å²) >= 11 is 0.751. The molecule has 3 rings (SSSR count). The Kier molecular flexibility index (Phi) is 6.18. The minimum absolute atomic E-state index is 0.125. The van der Waals surface area contributed by atoms with Crippen LogP contribution in [0.3, 0.4) is 0 Å². The Bertz CT molecular complexity index is 990. The Balaban J connectivity index is 1.96. The molecule has 1 fully saturated rings. The van der Waals surface area contributed by atoms with Gasteiger partial charge in [-0.15, -0.1) is 0 Å². The molecular formula is C20H18N2O6S. The number of likely N-dealkylation sites (N-methyl/N-ethyl adjacent to an activating group) is 1. The smallest absolute Gasteiger partial charge is 0.293 e. The number of amides is 2. The highest BCUT2D eigenvalue weighted by atomic mass is 32.2. The number of nitro groups is 1. The molecule has 0 atom stereocenters. The number of thioether (sulfide) groups is 1. The van der Waals surface area contributed by atoms with Gasteiger partial charge in [0, 0.05) is 6.54 Å². The zero-order valence-electron chi connectivity index (χ0n) is 15.8. The van der Waals surface area contributed by atoms with Gasteiger partial charge >= 0.3 is 0 Å². The first-order valence-electron chi connectivity index (χ1n) is 8.73. The number of hydrogen-bond donors (Lipinski definition) is 0. The molecule has 2 amide bonds. The first-order chi connectivity index (χ1) is 13.9. The van der Waals surface area contributed by atoms with E-state index < -0.39 is 16.1 Å². The SMILES string of the molecule is CCN1C(=O)S/C(=C/c2cc(OC)c(OCc3ccccc3)cc2[N+](=O)[O-])C1=O. The molecule has 1 heterocycles. The number of nitrogens with zero attached hydrogens (tertiary/aromatic N) is 2. The molecule has 1 saturated heterocycles. The molecule has 0 bridgehead atoms. The minimum atomic E-state index is -0.565. The standard InChI is InChI=1S/C20H18N2O6S/c1-3-21-19(23)18(29-20(21)24)10-14-9-16(27-2)17(11-15(14)22(25)26)28-12-13-7-5-4-6-8-13/h4-11H,3,12H2,1-2H3/b18-10+. The van der Waals surface area contributed by atoms with E-state index in [1.54, 1.807) is 6.92 Å². The number of benzene rings is 2. The average molecular weight is 414 g/mol. The van der Waals surface area contributed by atoms with Crippen LogP contribution in [0, 0.1) is 10.1 Å². The van der Waals surface area contributed by atoms with Crippen LogP contribution in [0.4, 0.5) is 10.5 Å². The third-order valence-corrected chi connectivity index (χ3v) is 5.13. The van der Waals surface area contributed by atoms with Crippen molar-refractivity contribution in [2.75, 3.05) is 13.7 Å². The number of nitro benzene ring substituents is 1. The van der Waals surface area contributed by atoms with Crippen LogP contribution in [0.2, 0.25) is 0 Å². The second-order valence-electron chi connectivity index (χ2n) is 6.02. The predicted octanol–water partition coefficient (Wildman–Crippen LogP) is 4.24. The summed E-state index contributed by atoms with van der Waals surface area (Å²) in [5.74, 6) is 0.0227. The second kappa shape index (κ2) is 8.78. The summed E-state index contributed by atoms with van der Waals surface area (Å²) in [6, 6.07) is 12.0. The molecule has 150 valence electrons. The largest absolute Gasteiger partial charge is 0.493 e. The Morgan fingerprint density at radius 2 is 1.90 bits per heavy atom. The van der Waals surface area contributed by atoms with Crippen LogP contribution in [0.25, 0.3) is 6.08 Å². The maximum atomic E-state index is 12.3. The molecule has 0 aromatic heterocycles. The van der Waals surface area contributed by atoms with Crippen LogP contribution in [-0.2, 0) is 11.4 Å². The highest BCUT2D eigenvalue weighted by Crippen LogP contribution is 2.39. The van der Waals surface area contributed by atoms with Gasteiger partial charge in [-0.25, -0.2) is 0 Å². The molecule has 0 N–H and O–H groups in total. The first kappa shape index (κ1) is 20.4. The Morgan fingerprint density at radius 1 is 1.17 bits per heavy atom. The zero-order valence-corrected chi connectivity index (χ0v) is 16.6. The van der Waals surface area contributed by atoms with Crippen molar-refractivity contribution in [1.29, 1.82) is 0 Å². The van der Waals surface area contributed by atoms with Crippen molar-refractivity contribution in [3.63, 3.8) is 0 Å². The van der Waals surface area contributed by atoms with Crippen molar-refractivity contribution in [1.82, 2.24) is 4.90 Å². The molecule has 0 radical (unpaired) electrons. The van der Waals surface area contributed by atoms with E-state index in [0.29, 0.717) is 0 Å². The highest BCUT2D eigenvalue weighted by molar-refractivity contribution is 8.18. The van der Waals surface area contributed by atoms with Crippen molar-refractivity contribution in [2.45, 2.75) is 13.5 Å². The van der Waals surface area contributed by atoms with Crippen molar-refractivity contribution < 1.29 is 24.0 Å². The van der Waals surface area contributed by atoms with E-state index >= 15 is 0 Å². The lowest BCUT2D eigenvalue weighted by Crippen LogP contribution is -2.27. The van der Waals surface area contributed by atoms with Gasteiger partial charge in [0.1, 0.15) is 6.61 Å². The number of rotatable bonds is 7. The second-order valence-corrected chi connectivity index (χ2v) is 7.01. The van der Waals surface area contributed by atoms with Gasteiger partial charge in [0.05, 0.1) is 28.6 Å². The van der Waals surface area contributed by atoms with Crippen LogP contribution in [0.1, 0.15) is 18.1 Å². The van der Waals surface area contributed by atoms with Gasteiger partial charge < -0.3 is 9.47 Å². The lowest BCUT2D eigenvalue weighted by molar-refractivity contribution is -0.385. The average Bonchev–Trinajstić information content (AvgIpc) is 2.99. The minimum Gasteiger partial charge on any atom is -0.493 e.